The third-order valence-corrected chi connectivity index (χ3v) is 5.08. The van der Waals surface area contributed by atoms with E-state index in [1.54, 1.807) is 0 Å². The summed E-state index contributed by atoms with van der Waals surface area (Å²) in [6.07, 6.45) is 2.49. The Morgan fingerprint density at radius 2 is 1.68 bits per heavy atom. The quantitative estimate of drug-likeness (QED) is 0.659. The van der Waals surface area contributed by atoms with Crippen LogP contribution in [0, 0.1) is 0 Å². The van der Waals surface area contributed by atoms with Crippen molar-refractivity contribution in [3.8, 4) is 0 Å². The monoisotopic (exact) mass is 308 g/mol. The van der Waals surface area contributed by atoms with Gasteiger partial charge >= 0.3 is 126 Å². The molecule has 2 saturated heterocycles. The van der Waals surface area contributed by atoms with Crippen molar-refractivity contribution in [3.63, 3.8) is 0 Å². The van der Waals surface area contributed by atoms with Crippen LogP contribution in [0.1, 0.15) is 26.7 Å². The molecule has 2 fully saturated rings. The van der Waals surface area contributed by atoms with Gasteiger partial charge in [0.15, 0.2) is 0 Å². The molecule has 2 unspecified atom stereocenters. The Bertz CT molecular complexity index is 272. The molecule has 1 N–H and O–H groups in total. The van der Waals surface area contributed by atoms with Crippen LogP contribution >= 0.6 is 0 Å². The second kappa shape index (κ2) is 7.39. The Morgan fingerprint density at radius 1 is 0.895 bits per heavy atom. The molecule has 2 aliphatic rings. The van der Waals surface area contributed by atoms with Crippen molar-refractivity contribution in [2.75, 3.05) is 58.9 Å². The van der Waals surface area contributed by atoms with Crippen LogP contribution in [0.3, 0.4) is 0 Å². The van der Waals surface area contributed by atoms with E-state index in [0.717, 1.165) is 32.7 Å². The molecule has 2 bridgehead atoms. The number of rotatable bonds is 0. The van der Waals surface area contributed by atoms with Crippen molar-refractivity contribution >= 4 is 0 Å². The van der Waals surface area contributed by atoms with Crippen LogP contribution in [0.5, 0.6) is 0 Å². The van der Waals surface area contributed by atoms with E-state index < -0.39 is 0 Å². The van der Waals surface area contributed by atoms with Gasteiger partial charge in [0.05, 0.1) is 0 Å². The van der Waals surface area contributed by atoms with Crippen LogP contribution in [-0.2, 0) is 16.2 Å². The fourth-order valence-electron chi connectivity index (χ4n) is 3.04. The van der Waals surface area contributed by atoms with Gasteiger partial charge in [0.2, 0.25) is 0 Å². The van der Waals surface area contributed by atoms with Crippen molar-refractivity contribution in [1.82, 2.24) is 19.0 Å². The van der Waals surface area contributed by atoms with Gasteiger partial charge < -0.3 is 0 Å². The third kappa shape index (κ3) is 5.00. The summed E-state index contributed by atoms with van der Waals surface area (Å²) < 4.78 is 2.31. The van der Waals surface area contributed by atoms with Gasteiger partial charge in [-0.2, -0.15) is 0 Å². The SMILES string of the molecule is CC1(C)CCNCCN2CCC[N]([Mn])CCN1CC2. The van der Waals surface area contributed by atoms with Crippen LogP contribution in [0.15, 0.2) is 0 Å². The molecule has 112 valence electrons. The van der Waals surface area contributed by atoms with Gasteiger partial charge in [-0.25, -0.2) is 0 Å². The Labute approximate surface area is 126 Å². The molecule has 2 atom stereocenters. The zero-order valence-corrected chi connectivity index (χ0v) is 13.7. The van der Waals surface area contributed by atoms with Gasteiger partial charge in [-0.1, -0.05) is 0 Å². The van der Waals surface area contributed by atoms with E-state index in [4.69, 9.17) is 0 Å². The molecule has 5 heteroatoms. The van der Waals surface area contributed by atoms with Crippen LogP contribution in [-0.4, -0.2) is 78.2 Å². The molecule has 0 aromatic carbocycles. The van der Waals surface area contributed by atoms with Gasteiger partial charge in [-0.15, -0.1) is 0 Å². The molecule has 19 heavy (non-hydrogen) atoms. The number of fused-ring (bicyclic) bond motifs is 3. The van der Waals surface area contributed by atoms with Gasteiger partial charge in [-0.05, 0) is 0 Å². The summed E-state index contributed by atoms with van der Waals surface area (Å²) in [6.45, 7) is 15.3. The summed E-state index contributed by atoms with van der Waals surface area (Å²) in [4.78, 5) is 5.29. The molecule has 0 aromatic rings. The first-order valence-electron chi connectivity index (χ1n) is 7.67. The van der Waals surface area contributed by atoms with Crippen molar-refractivity contribution in [1.29, 1.82) is 0 Å². The molecule has 0 radical (unpaired) electrons. The first-order chi connectivity index (χ1) is 9.08. The molecule has 4 nitrogen and oxygen atoms in total. The van der Waals surface area contributed by atoms with E-state index in [0.29, 0.717) is 5.54 Å². The molecule has 2 aliphatic heterocycles. The van der Waals surface area contributed by atoms with Crippen molar-refractivity contribution < 1.29 is 16.2 Å². The van der Waals surface area contributed by atoms with E-state index in [1.807, 2.05) is 0 Å². The Hall–Kier alpha value is 0.359. The molecule has 0 aromatic heterocycles. The number of nitrogens with one attached hydrogen (secondary N) is 1. The first kappa shape index (κ1) is 15.7. The minimum atomic E-state index is 0.295. The van der Waals surface area contributed by atoms with Crippen LogP contribution < -0.4 is 5.32 Å². The van der Waals surface area contributed by atoms with Crippen LogP contribution in [0.4, 0.5) is 0 Å². The van der Waals surface area contributed by atoms with Gasteiger partial charge in [-0.3, -0.25) is 0 Å². The molecular formula is C14H29MnN4. The molecule has 0 saturated carbocycles. The average Bonchev–Trinajstić information content (AvgIpc) is 2.36. The van der Waals surface area contributed by atoms with E-state index in [9.17, 15) is 0 Å². The summed E-state index contributed by atoms with van der Waals surface area (Å²) in [5, 5.41) is 3.60. The maximum atomic E-state index is 3.70. The molecule has 2 rings (SSSR count). The molecular weight excluding hydrogens is 279 g/mol. The standard InChI is InChI=1S/C14H29N4.Mn/c1-14(2)4-6-16-7-10-17-9-3-5-15-8-11-18(14)13-12-17;/h16H,3-13H2,1-2H3;/q-1;+1. The fourth-order valence-corrected chi connectivity index (χ4v) is 3.34. The van der Waals surface area contributed by atoms with Gasteiger partial charge in [0, 0.05) is 0 Å². The zero-order valence-electron chi connectivity index (χ0n) is 12.5. The predicted molar refractivity (Wildman–Crippen MR) is 75.8 cm³/mol. The normalized spacial score (nSPS) is 34.9. The summed E-state index contributed by atoms with van der Waals surface area (Å²) in [5.41, 5.74) is 0.295. The van der Waals surface area contributed by atoms with E-state index in [2.05, 4.69) is 49.1 Å². The van der Waals surface area contributed by atoms with Crippen molar-refractivity contribution in [2.24, 2.45) is 0 Å². The minimum absolute atomic E-state index is 0.295. The van der Waals surface area contributed by atoms with E-state index in [1.165, 1.54) is 39.0 Å². The number of nitrogens with zero attached hydrogens (tertiary/aromatic N) is 3. The van der Waals surface area contributed by atoms with Gasteiger partial charge in [0.1, 0.15) is 0 Å². The fraction of sp³-hybridized carbons (Fsp3) is 1.00. The number of hydrogen-bond acceptors (Lipinski definition) is 4. The van der Waals surface area contributed by atoms with Crippen molar-refractivity contribution in [3.05, 3.63) is 0 Å². The second-order valence-electron chi connectivity index (χ2n) is 6.40. The summed E-state index contributed by atoms with van der Waals surface area (Å²) in [5.74, 6) is 0. The van der Waals surface area contributed by atoms with Crippen LogP contribution in [0.25, 0.3) is 0 Å². The Kier molecular flexibility index (Phi) is 6.12. The average molecular weight is 308 g/mol. The molecule has 0 amide bonds. The third-order valence-electron chi connectivity index (χ3n) is 4.55. The first-order valence-corrected chi connectivity index (χ1v) is 8.19. The van der Waals surface area contributed by atoms with E-state index in [-0.39, 0.29) is 0 Å². The predicted octanol–water partition coefficient (Wildman–Crippen LogP) is 0.530. The Morgan fingerprint density at radius 3 is 2.53 bits per heavy atom. The zero-order chi connectivity index (χ0) is 13.7. The Balaban J connectivity index is 2.07. The summed E-state index contributed by atoms with van der Waals surface area (Å²) in [6, 6.07) is 0. The number of hydrogen-bond donors (Lipinski definition) is 1. The van der Waals surface area contributed by atoms with Crippen molar-refractivity contribution in [2.45, 2.75) is 32.2 Å². The maximum absolute atomic E-state index is 3.70. The second-order valence-corrected chi connectivity index (χ2v) is 7.15. The molecule has 2 heterocycles. The molecule has 0 aliphatic carbocycles. The van der Waals surface area contributed by atoms with Crippen LogP contribution in [0.2, 0.25) is 0 Å². The summed E-state index contributed by atoms with van der Waals surface area (Å²) in [7, 11) is 0. The van der Waals surface area contributed by atoms with E-state index >= 15 is 0 Å². The van der Waals surface area contributed by atoms with Gasteiger partial charge in [0.25, 0.3) is 0 Å². The molecule has 0 spiro atoms. The summed E-state index contributed by atoms with van der Waals surface area (Å²) >= 11 is 3.70. The topological polar surface area (TPSA) is 21.8 Å².